The minimum Gasteiger partial charge on any atom is -0.338 e. The summed E-state index contributed by atoms with van der Waals surface area (Å²) in [4.78, 5) is 6.35. The first-order chi connectivity index (χ1) is 5.47. The molecule has 0 aliphatic carbocycles. The van der Waals surface area contributed by atoms with Gasteiger partial charge in [0.05, 0.1) is 0 Å². The first-order valence-electron chi connectivity index (χ1n) is 3.69. The Balaban J connectivity index is 2.04. The standard InChI is InChI=1S/C6H10N4S/c1-3-10(4-2-7-1)6-8-5-11-9-6/h5,7H,1-4H2. The van der Waals surface area contributed by atoms with Crippen molar-refractivity contribution in [3.63, 3.8) is 0 Å². The third kappa shape index (κ3) is 1.49. The molecule has 5 heteroatoms. The van der Waals surface area contributed by atoms with Crippen LogP contribution < -0.4 is 10.2 Å². The van der Waals surface area contributed by atoms with Crippen molar-refractivity contribution < 1.29 is 0 Å². The molecular formula is C6H10N4S. The Morgan fingerprint density at radius 2 is 2.27 bits per heavy atom. The molecule has 0 saturated carbocycles. The number of rotatable bonds is 1. The van der Waals surface area contributed by atoms with Gasteiger partial charge in [0.1, 0.15) is 5.51 Å². The van der Waals surface area contributed by atoms with Gasteiger partial charge in [-0.3, -0.25) is 0 Å². The van der Waals surface area contributed by atoms with Gasteiger partial charge in [-0.25, -0.2) is 4.98 Å². The lowest BCUT2D eigenvalue weighted by Gasteiger charge is -2.25. The predicted molar refractivity (Wildman–Crippen MR) is 45.0 cm³/mol. The number of hydrogen-bond acceptors (Lipinski definition) is 5. The zero-order chi connectivity index (χ0) is 7.52. The highest BCUT2D eigenvalue weighted by Gasteiger charge is 2.12. The molecule has 2 rings (SSSR count). The fourth-order valence-electron chi connectivity index (χ4n) is 1.17. The molecular weight excluding hydrogens is 160 g/mol. The lowest BCUT2D eigenvalue weighted by Crippen LogP contribution is -2.43. The summed E-state index contributed by atoms with van der Waals surface area (Å²) in [7, 11) is 0. The van der Waals surface area contributed by atoms with Crippen LogP contribution in [0, 0.1) is 0 Å². The van der Waals surface area contributed by atoms with Gasteiger partial charge < -0.3 is 10.2 Å². The Labute approximate surface area is 69.4 Å². The van der Waals surface area contributed by atoms with Crippen molar-refractivity contribution in [1.29, 1.82) is 0 Å². The Morgan fingerprint density at radius 1 is 1.45 bits per heavy atom. The smallest absolute Gasteiger partial charge is 0.237 e. The molecule has 0 amide bonds. The summed E-state index contributed by atoms with van der Waals surface area (Å²) in [6.45, 7) is 4.13. The van der Waals surface area contributed by atoms with Gasteiger partial charge in [-0.05, 0) is 11.5 Å². The number of anilines is 1. The third-order valence-corrected chi connectivity index (χ3v) is 2.22. The summed E-state index contributed by atoms with van der Waals surface area (Å²) in [5.41, 5.74) is 1.78. The van der Waals surface area contributed by atoms with E-state index < -0.39 is 0 Å². The second kappa shape index (κ2) is 3.15. The minimum absolute atomic E-state index is 0.886. The van der Waals surface area contributed by atoms with Gasteiger partial charge in [-0.1, -0.05) is 0 Å². The molecule has 60 valence electrons. The zero-order valence-corrected chi connectivity index (χ0v) is 6.97. The molecule has 0 bridgehead atoms. The molecule has 1 aliphatic rings. The average Bonchev–Trinajstić information content (AvgIpc) is 2.58. The largest absolute Gasteiger partial charge is 0.338 e. The van der Waals surface area contributed by atoms with E-state index >= 15 is 0 Å². The summed E-state index contributed by atoms with van der Waals surface area (Å²) in [6.07, 6.45) is 0. The second-order valence-corrected chi connectivity index (χ2v) is 3.07. The summed E-state index contributed by atoms with van der Waals surface area (Å²) in [5.74, 6) is 0.886. The second-order valence-electron chi connectivity index (χ2n) is 2.47. The number of nitrogens with one attached hydrogen (secondary N) is 1. The molecule has 1 N–H and O–H groups in total. The molecule has 1 fully saturated rings. The van der Waals surface area contributed by atoms with E-state index in [1.54, 1.807) is 5.51 Å². The highest BCUT2D eigenvalue weighted by Crippen LogP contribution is 2.08. The van der Waals surface area contributed by atoms with Crippen molar-refractivity contribution in [1.82, 2.24) is 14.7 Å². The Bertz CT molecular complexity index is 204. The van der Waals surface area contributed by atoms with Gasteiger partial charge >= 0.3 is 0 Å². The van der Waals surface area contributed by atoms with Gasteiger partial charge in [-0.2, -0.15) is 4.37 Å². The molecule has 1 aromatic rings. The first-order valence-corrected chi connectivity index (χ1v) is 4.52. The molecule has 1 aliphatic heterocycles. The van der Waals surface area contributed by atoms with E-state index in [2.05, 4.69) is 19.6 Å². The van der Waals surface area contributed by atoms with Crippen LogP contribution in [0.15, 0.2) is 5.51 Å². The maximum absolute atomic E-state index is 4.17. The molecule has 2 heterocycles. The monoisotopic (exact) mass is 170 g/mol. The number of piperazine rings is 1. The van der Waals surface area contributed by atoms with E-state index in [1.807, 2.05) is 0 Å². The van der Waals surface area contributed by atoms with Crippen molar-refractivity contribution in [2.45, 2.75) is 0 Å². The lowest BCUT2D eigenvalue weighted by molar-refractivity contribution is 0.582. The topological polar surface area (TPSA) is 41.1 Å². The van der Waals surface area contributed by atoms with Crippen molar-refractivity contribution in [2.75, 3.05) is 31.1 Å². The van der Waals surface area contributed by atoms with E-state index in [4.69, 9.17) is 0 Å². The van der Waals surface area contributed by atoms with Crippen LogP contribution in [0.3, 0.4) is 0 Å². The molecule has 4 nitrogen and oxygen atoms in total. The van der Waals surface area contributed by atoms with E-state index in [-0.39, 0.29) is 0 Å². The van der Waals surface area contributed by atoms with Crippen LogP contribution in [-0.4, -0.2) is 35.5 Å². The van der Waals surface area contributed by atoms with Gasteiger partial charge in [0, 0.05) is 26.2 Å². The number of nitrogens with zero attached hydrogens (tertiary/aromatic N) is 3. The fourth-order valence-corrected chi connectivity index (χ4v) is 1.61. The molecule has 0 radical (unpaired) electrons. The van der Waals surface area contributed by atoms with Gasteiger partial charge in [0.25, 0.3) is 0 Å². The summed E-state index contributed by atoms with van der Waals surface area (Å²) < 4.78 is 4.17. The van der Waals surface area contributed by atoms with Crippen LogP contribution in [0.4, 0.5) is 5.95 Å². The zero-order valence-electron chi connectivity index (χ0n) is 6.16. The molecule has 0 unspecified atom stereocenters. The van der Waals surface area contributed by atoms with E-state index in [0.29, 0.717) is 0 Å². The van der Waals surface area contributed by atoms with Crippen molar-refractivity contribution in [3.05, 3.63) is 5.51 Å². The molecule has 1 aromatic heterocycles. The van der Waals surface area contributed by atoms with Crippen LogP contribution in [0.5, 0.6) is 0 Å². The molecule has 0 atom stereocenters. The highest BCUT2D eigenvalue weighted by molar-refractivity contribution is 7.03. The van der Waals surface area contributed by atoms with Crippen LogP contribution in [0.2, 0.25) is 0 Å². The number of aromatic nitrogens is 2. The Hall–Kier alpha value is -0.680. The summed E-state index contributed by atoms with van der Waals surface area (Å²) in [6, 6.07) is 0. The third-order valence-electron chi connectivity index (χ3n) is 1.75. The van der Waals surface area contributed by atoms with Crippen LogP contribution in [0.1, 0.15) is 0 Å². The minimum atomic E-state index is 0.886. The molecule has 0 spiro atoms. The van der Waals surface area contributed by atoms with E-state index in [0.717, 1.165) is 32.1 Å². The van der Waals surface area contributed by atoms with E-state index in [1.165, 1.54) is 11.5 Å². The summed E-state index contributed by atoms with van der Waals surface area (Å²) >= 11 is 1.41. The highest BCUT2D eigenvalue weighted by atomic mass is 32.1. The lowest BCUT2D eigenvalue weighted by atomic mass is 10.4. The predicted octanol–water partition coefficient (Wildman–Crippen LogP) is -0.0523. The number of hydrogen-bond donors (Lipinski definition) is 1. The maximum Gasteiger partial charge on any atom is 0.237 e. The van der Waals surface area contributed by atoms with E-state index in [9.17, 15) is 0 Å². The van der Waals surface area contributed by atoms with Crippen LogP contribution >= 0.6 is 11.5 Å². The van der Waals surface area contributed by atoms with Gasteiger partial charge in [-0.15, -0.1) is 0 Å². The normalized spacial score (nSPS) is 18.7. The molecule has 0 aromatic carbocycles. The Morgan fingerprint density at radius 3 is 2.91 bits per heavy atom. The SMILES string of the molecule is c1nc(N2CCNCC2)ns1. The molecule has 11 heavy (non-hydrogen) atoms. The maximum atomic E-state index is 4.17. The average molecular weight is 170 g/mol. The van der Waals surface area contributed by atoms with Crippen molar-refractivity contribution in [3.8, 4) is 0 Å². The van der Waals surface area contributed by atoms with Crippen molar-refractivity contribution >= 4 is 17.5 Å². The Kier molecular flexibility index (Phi) is 2.00. The van der Waals surface area contributed by atoms with Gasteiger partial charge in [0.2, 0.25) is 5.95 Å². The first kappa shape index (κ1) is 7.00. The molecule has 1 saturated heterocycles. The fraction of sp³-hybridized carbons (Fsp3) is 0.667. The van der Waals surface area contributed by atoms with Crippen LogP contribution in [0.25, 0.3) is 0 Å². The van der Waals surface area contributed by atoms with Crippen molar-refractivity contribution in [2.24, 2.45) is 0 Å². The van der Waals surface area contributed by atoms with Crippen LogP contribution in [-0.2, 0) is 0 Å². The summed E-state index contributed by atoms with van der Waals surface area (Å²) in [5, 5.41) is 3.28. The van der Waals surface area contributed by atoms with Gasteiger partial charge in [0.15, 0.2) is 0 Å². The quantitative estimate of drug-likeness (QED) is 0.641.